The predicted octanol–water partition coefficient (Wildman–Crippen LogP) is 3.02. The Bertz CT molecular complexity index is 525. The number of benzene rings is 1. The van der Waals surface area contributed by atoms with E-state index >= 15 is 0 Å². The average Bonchev–Trinajstić information content (AvgIpc) is 2.90. The number of aromatic carboxylic acids is 1. The Hall–Kier alpha value is -1.55. The van der Waals surface area contributed by atoms with Crippen LogP contribution in [0.3, 0.4) is 0 Å². The molecule has 2 N–H and O–H groups in total. The normalized spacial score (nSPS) is 20.3. The van der Waals surface area contributed by atoms with Crippen LogP contribution in [0.1, 0.15) is 30.6 Å². The lowest BCUT2D eigenvalue weighted by Crippen LogP contribution is -2.16. The van der Waals surface area contributed by atoms with Crippen LogP contribution < -0.4 is 5.32 Å². The highest BCUT2D eigenvalue weighted by atomic mass is 35.5. The summed E-state index contributed by atoms with van der Waals surface area (Å²) in [7, 11) is 0. The molecule has 0 bridgehead atoms. The first-order valence-electron chi connectivity index (χ1n) is 5.65. The van der Waals surface area contributed by atoms with Crippen LogP contribution >= 0.6 is 11.6 Å². The van der Waals surface area contributed by atoms with Gasteiger partial charge in [-0.2, -0.15) is 0 Å². The van der Waals surface area contributed by atoms with Crippen molar-refractivity contribution in [3.05, 3.63) is 28.8 Å². The highest BCUT2D eigenvalue weighted by molar-refractivity contribution is 6.34. The molecule has 0 radical (unpaired) electrons. The van der Waals surface area contributed by atoms with Crippen LogP contribution in [-0.2, 0) is 4.79 Å². The summed E-state index contributed by atoms with van der Waals surface area (Å²) in [6.07, 6.45) is 0.865. The summed E-state index contributed by atoms with van der Waals surface area (Å²) >= 11 is 5.94. The highest BCUT2D eigenvalue weighted by Gasteiger charge is 2.50. The van der Waals surface area contributed by atoms with Gasteiger partial charge in [-0.25, -0.2) is 4.79 Å². The summed E-state index contributed by atoms with van der Waals surface area (Å²) in [5.41, 5.74) is 0.608. The number of carbonyl (C=O) groups excluding carboxylic acids is 1. The second kappa shape index (κ2) is 4.28. The second-order valence-corrected chi connectivity index (χ2v) is 5.64. The molecular weight excluding hydrogens is 254 g/mol. The smallest absolute Gasteiger partial charge is 0.335 e. The van der Waals surface area contributed by atoms with Gasteiger partial charge in [0, 0.05) is 5.92 Å². The van der Waals surface area contributed by atoms with Gasteiger partial charge in [0.15, 0.2) is 0 Å². The van der Waals surface area contributed by atoms with Gasteiger partial charge in [-0.05, 0) is 30.0 Å². The van der Waals surface area contributed by atoms with Crippen molar-refractivity contribution in [2.45, 2.75) is 20.3 Å². The lowest BCUT2D eigenvalue weighted by Gasteiger charge is -2.08. The molecule has 1 aromatic carbocycles. The maximum Gasteiger partial charge on any atom is 0.335 e. The number of carbonyl (C=O) groups is 2. The van der Waals surface area contributed by atoms with E-state index in [0.717, 1.165) is 6.42 Å². The summed E-state index contributed by atoms with van der Waals surface area (Å²) in [5.74, 6) is -1.10. The third-order valence-corrected chi connectivity index (χ3v) is 3.62. The van der Waals surface area contributed by atoms with Gasteiger partial charge in [-0.3, -0.25) is 4.79 Å². The standard InChI is InChI=1S/C13H14ClNO3/c1-13(2)6-8(13)11(16)15-10-4-3-7(12(17)18)5-9(10)14/h3-5,8H,6H2,1-2H3,(H,15,16)(H,17,18). The molecule has 0 spiro atoms. The maximum atomic E-state index is 11.9. The molecular formula is C13H14ClNO3. The number of anilines is 1. The minimum atomic E-state index is -1.04. The molecule has 1 saturated carbocycles. The monoisotopic (exact) mass is 267 g/mol. The summed E-state index contributed by atoms with van der Waals surface area (Å²) < 4.78 is 0. The van der Waals surface area contributed by atoms with E-state index in [2.05, 4.69) is 5.32 Å². The molecule has 1 amide bonds. The van der Waals surface area contributed by atoms with E-state index in [1.54, 1.807) is 0 Å². The van der Waals surface area contributed by atoms with Crippen molar-refractivity contribution in [3.8, 4) is 0 Å². The van der Waals surface area contributed by atoms with Gasteiger partial charge in [0.25, 0.3) is 0 Å². The molecule has 2 rings (SSSR count). The number of nitrogens with one attached hydrogen (secondary N) is 1. The number of halogens is 1. The van der Waals surface area contributed by atoms with Crippen molar-refractivity contribution in [1.82, 2.24) is 0 Å². The third-order valence-electron chi connectivity index (χ3n) is 3.30. The first-order valence-corrected chi connectivity index (χ1v) is 6.03. The first-order chi connectivity index (χ1) is 8.31. The van der Waals surface area contributed by atoms with Crippen LogP contribution in [0.4, 0.5) is 5.69 Å². The zero-order chi connectivity index (χ0) is 13.5. The molecule has 96 valence electrons. The van der Waals surface area contributed by atoms with Crippen molar-refractivity contribution < 1.29 is 14.7 Å². The van der Waals surface area contributed by atoms with Gasteiger partial charge in [0.1, 0.15) is 0 Å². The fourth-order valence-corrected chi connectivity index (χ4v) is 2.11. The molecule has 5 heteroatoms. The van der Waals surface area contributed by atoms with Gasteiger partial charge in [0.05, 0.1) is 16.3 Å². The van der Waals surface area contributed by atoms with E-state index in [0.29, 0.717) is 5.69 Å². The number of carboxylic acids is 1. The Balaban J connectivity index is 2.11. The fourth-order valence-electron chi connectivity index (χ4n) is 1.88. The zero-order valence-corrected chi connectivity index (χ0v) is 10.9. The molecule has 18 heavy (non-hydrogen) atoms. The number of carboxylic acid groups (broad SMARTS) is 1. The minimum absolute atomic E-state index is 0.00715. The number of amides is 1. The quantitative estimate of drug-likeness (QED) is 0.885. The Labute approximate surface area is 110 Å². The molecule has 0 aliphatic heterocycles. The highest BCUT2D eigenvalue weighted by Crippen LogP contribution is 2.52. The molecule has 0 saturated heterocycles. The van der Waals surface area contributed by atoms with Gasteiger partial charge < -0.3 is 10.4 Å². The van der Waals surface area contributed by atoms with Crippen molar-refractivity contribution in [3.63, 3.8) is 0 Å². The SMILES string of the molecule is CC1(C)CC1C(=O)Nc1ccc(C(=O)O)cc1Cl. The summed E-state index contributed by atoms with van der Waals surface area (Å²) in [6.45, 7) is 4.07. The van der Waals surface area contributed by atoms with Crippen molar-refractivity contribution in [1.29, 1.82) is 0 Å². The van der Waals surface area contributed by atoms with E-state index in [-0.39, 0.29) is 27.8 Å². The molecule has 4 nitrogen and oxygen atoms in total. The average molecular weight is 268 g/mol. The largest absolute Gasteiger partial charge is 0.478 e. The molecule has 1 aliphatic carbocycles. The second-order valence-electron chi connectivity index (χ2n) is 5.23. The Kier molecular flexibility index (Phi) is 3.07. The summed E-state index contributed by atoms with van der Waals surface area (Å²) in [6, 6.07) is 4.26. The van der Waals surface area contributed by atoms with Crippen LogP contribution in [0, 0.1) is 11.3 Å². The number of hydrogen-bond donors (Lipinski definition) is 2. The lowest BCUT2D eigenvalue weighted by molar-refractivity contribution is -0.118. The van der Waals surface area contributed by atoms with Gasteiger partial charge >= 0.3 is 5.97 Å². The van der Waals surface area contributed by atoms with Crippen molar-refractivity contribution >= 4 is 29.2 Å². The van der Waals surface area contributed by atoms with Crippen molar-refractivity contribution in [2.75, 3.05) is 5.32 Å². The molecule has 0 heterocycles. The lowest BCUT2D eigenvalue weighted by atomic mass is 10.1. The van der Waals surface area contributed by atoms with E-state index < -0.39 is 5.97 Å². The van der Waals surface area contributed by atoms with Crippen LogP contribution in [0.25, 0.3) is 0 Å². The molecule has 1 aliphatic rings. The number of hydrogen-bond acceptors (Lipinski definition) is 2. The Morgan fingerprint density at radius 2 is 2.06 bits per heavy atom. The molecule has 0 aromatic heterocycles. The van der Waals surface area contributed by atoms with Gasteiger partial charge in [-0.15, -0.1) is 0 Å². The number of rotatable bonds is 3. The Morgan fingerprint density at radius 1 is 1.44 bits per heavy atom. The molecule has 1 aromatic rings. The fraction of sp³-hybridized carbons (Fsp3) is 0.385. The van der Waals surface area contributed by atoms with Crippen molar-refractivity contribution in [2.24, 2.45) is 11.3 Å². The first kappa shape index (κ1) is 12.9. The topological polar surface area (TPSA) is 66.4 Å². The molecule has 1 unspecified atom stereocenters. The van der Waals surface area contributed by atoms with E-state index in [9.17, 15) is 9.59 Å². The maximum absolute atomic E-state index is 11.9. The van der Waals surface area contributed by atoms with Gasteiger partial charge in [0.2, 0.25) is 5.91 Å². The van der Waals surface area contributed by atoms with Crippen LogP contribution in [0.15, 0.2) is 18.2 Å². The van der Waals surface area contributed by atoms with Gasteiger partial charge in [-0.1, -0.05) is 25.4 Å². The minimum Gasteiger partial charge on any atom is -0.478 e. The third kappa shape index (κ3) is 2.48. The Morgan fingerprint density at radius 3 is 2.50 bits per heavy atom. The predicted molar refractivity (Wildman–Crippen MR) is 68.9 cm³/mol. The molecule has 1 fully saturated rings. The van der Waals surface area contributed by atoms with Crippen LogP contribution in [0.2, 0.25) is 5.02 Å². The zero-order valence-electron chi connectivity index (χ0n) is 10.2. The van der Waals surface area contributed by atoms with Crippen LogP contribution in [0.5, 0.6) is 0 Å². The van der Waals surface area contributed by atoms with E-state index in [1.807, 2.05) is 13.8 Å². The van der Waals surface area contributed by atoms with E-state index in [1.165, 1.54) is 18.2 Å². The molecule has 1 atom stereocenters. The summed E-state index contributed by atoms with van der Waals surface area (Å²) in [5, 5.41) is 11.8. The van der Waals surface area contributed by atoms with E-state index in [4.69, 9.17) is 16.7 Å². The van der Waals surface area contributed by atoms with Crippen LogP contribution in [-0.4, -0.2) is 17.0 Å². The summed E-state index contributed by atoms with van der Waals surface area (Å²) in [4.78, 5) is 22.6.